The van der Waals surface area contributed by atoms with E-state index in [2.05, 4.69) is 47.1 Å². The van der Waals surface area contributed by atoms with Crippen LogP contribution in [0.2, 0.25) is 0 Å². The number of allylic oxidation sites excluding steroid dienone is 1. The lowest BCUT2D eigenvalue weighted by Crippen LogP contribution is -2.12. The molecule has 0 spiro atoms. The highest BCUT2D eigenvalue weighted by Gasteiger charge is 2.19. The smallest absolute Gasteiger partial charge is 0.118 e. The molecule has 0 saturated heterocycles. The van der Waals surface area contributed by atoms with Crippen LogP contribution in [-0.4, -0.2) is 32.0 Å². The summed E-state index contributed by atoms with van der Waals surface area (Å²) in [6.45, 7) is 3.69. The second kappa shape index (κ2) is 6.09. The van der Waals surface area contributed by atoms with Crippen molar-refractivity contribution >= 4 is 23.0 Å². The van der Waals surface area contributed by atoms with Crippen molar-refractivity contribution in [1.82, 2.24) is 5.32 Å². The van der Waals surface area contributed by atoms with Gasteiger partial charge in [0.2, 0.25) is 0 Å². The average molecular weight is 288 g/mol. The molecule has 0 atom stereocenters. The molecule has 0 fully saturated rings. The molecular weight excluding hydrogens is 268 g/mol. The molecule has 0 amide bonds. The predicted octanol–water partition coefficient (Wildman–Crippen LogP) is 3.39. The first kappa shape index (κ1) is 14.6. The van der Waals surface area contributed by atoms with Gasteiger partial charge in [-0.25, -0.2) is 0 Å². The molecule has 4 heteroatoms. The summed E-state index contributed by atoms with van der Waals surface area (Å²) < 4.78 is 0. The molecule has 0 saturated carbocycles. The summed E-state index contributed by atoms with van der Waals surface area (Å²) in [4.78, 5) is 2.07. The van der Waals surface area contributed by atoms with Crippen molar-refractivity contribution in [2.45, 2.75) is 0 Å². The summed E-state index contributed by atoms with van der Waals surface area (Å²) in [5.41, 5.74) is 4.07. The van der Waals surface area contributed by atoms with Crippen LogP contribution in [0, 0.1) is 0 Å². The zero-order valence-corrected chi connectivity index (χ0v) is 12.9. The van der Waals surface area contributed by atoms with Gasteiger partial charge in [0.1, 0.15) is 5.76 Å². The van der Waals surface area contributed by atoms with Gasteiger partial charge >= 0.3 is 0 Å². The second-order valence-electron chi connectivity index (χ2n) is 4.77. The van der Waals surface area contributed by atoms with Gasteiger partial charge in [0.25, 0.3) is 0 Å². The molecule has 2 rings (SSSR count). The SMILES string of the molecule is C=C(O)C1=C(NC)SCC=C1c1ccc(N(C)C)cc1. The van der Waals surface area contributed by atoms with Crippen LogP contribution in [0.5, 0.6) is 0 Å². The van der Waals surface area contributed by atoms with E-state index in [4.69, 9.17) is 0 Å². The summed E-state index contributed by atoms with van der Waals surface area (Å²) in [7, 11) is 5.90. The summed E-state index contributed by atoms with van der Waals surface area (Å²) in [6, 6.07) is 8.31. The lowest BCUT2D eigenvalue weighted by Gasteiger charge is -2.21. The van der Waals surface area contributed by atoms with Gasteiger partial charge in [-0.2, -0.15) is 0 Å². The number of hydrogen-bond donors (Lipinski definition) is 2. The Kier molecular flexibility index (Phi) is 4.45. The van der Waals surface area contributed by atoms with E-state index in [-0.39, 0.29) is 5.76 Å². The number of anilines is 1. The summed E-state index contributed by atoms with van der Waals surface area (Å²) in [5.74, 6) is 0.988. The van der Waals surface area contributed by atoms with E-state index in [1.807, 2.05) is 21.1 Å². The third kappa shape index (κ3) is 2.85. The van der Waals surface area contributed by atoms with E-state index in [1.165, 1.54) is 0 Å². The van der Waals surface area contributed by atoms with Gasteiger partial charge in [-0.1, -0.05) is 24.8 Å². The first-order valence-corrected chi connectivity index (χ1v) is 7.44. The predicted molar refractivity (Wildman–Crippen MR) is 89.1 cm³/mol. The van der Waals surface area contributed by atoms with E-state index in [1.54, 1.807) is 11.8 Å². The van der Waals surface area contributed by atoms with Crippen molar-refractivity contribution in [2.75, 3.05) is 31.8 Å². The standard InChI is InChI=1S/C16H20N2OS/c1-11(19)15-14(9-10-20-16(15)17-2)12-5-7-13(8-6-12)18(3)4/h5-9,17,19H,1,10H2,2-4H3. The summed E-state index contributed by atoms with van der Waals surface area (Å²) in [5, 5.41) is 14.0. The maximum absolute atomic E-state index is 9.90. The van der Waals surface area contributed by atoms with Crippen LogP contribution >= 0.6 is 11.8 Å². The molecule has 0 unspecified atom stereocenters. The van der Waals surface area contributed by atoms with Crippen LogP contribution in [0.1, 0.15) is 5.56 Å². The van der Waals surface area contributed by atoms with Crippen molar-refractivity contribution in [3.63, 3.8) is 0 Å². The molecule has 0 radical (unpaired) electrons. The lowest BCUT2D eigenvalue weighted by molar-refractivity contribution is 0.429. The van der Waals surface area contributed by atoms with Crippen LogP contribution in [-0.2, 0) is 0 Å². The van der Waals surface area contributed by atoms with Gasteiger partial charge in [0.15, 0.2) is 0 Å². The Bertz CT molecular complexity index is 571. The molecule has 1 aromatic rings. The summed E-state index contributed by atoms with van der Waals surface area (Å²) >= 11 is 1.67. The number of aliphatic hydroxyl groups is 1. The topological polar surface area (TPSA) is 35.5 Å². The number of nitrogens with one attached hydrogen (secondary N) is 1. The Balaban J connectivity index is 2.42. The molecule has 20 heavy (non-hydrogen) atoms. The largest absolute Gasteiger partial charge is 0.508 e. The van der Waals surface area contributed by atoms with Gasteiger partial charge in [0.05, 0.1) is 10.6 Å². The minimum Gasteiger partial charge on any atom is -0.508 e. The van der Waals surface area contributed by atoms with Gasteiger partial charge in [-0.05, 0) is 23.3 Å². The quantitative estimate of drug-likeness (QED) is 0.833. The van der Waals surface area contributed by atoms with Gasteiger partial charge in [-0.3, -0.25) is 0 Å². The van der Waals surface area contributed by atoms with Crippen molar-refractivity contribution in [3.8, 4) is 0 Å². The number of aliphatic hydroxyl groups excluding tert-OH is 1. The fourth-order valence-electron chi connectivity index (χ4n) is 2.19. The highest BCUT2D eigenvalue weighted by Crippen LogP contribution is 2.37. The van der Waals surface area contributed by atoms with Crippen molar-refractivity contribution in [1.29, 1.82) is 0 Å². The van der Waals surface area contributed by atoms with Crippen LogP contribution in [0.25, 0.3) is 5.57 Å². The van der Waals surface area contributed by atoms with Crippen molar-refractivity contribution < 1.29 is 5.11 Å². The Hall–Kier alpha value is -1.81. The van der Waals surface area contributed by atoms with Gasteiger partial charge in [0, 0.05) is 32.6 Å². The van der Waals surface area contributed by atoms with E-state index in [0.717, 1.165) is 33.2 Å². The highest BCUT2D eigenvalue weighted by atomic mass is 32.2. The fraction of sp³-hybridized carbons (Fsp3) is 0.250. The highest BCUT2D eigenvalue weighted by molar-refractivity contribution is 8.03. The van der Waals surface area contributed by atoms with Crippen LogP contribution < -0.4 is 10.2 Å². The van der Waals surface area contributed by atoms with Gasteiger partial charge < -0.3 is 15.3 Å². The molecular formula is C16H20N2OS. The third-order valence-electron chi connectivity index (χ3n) is 3.22. The molecule has 1 aliphatic heterocycles. The lowest BCUT2D eigenvalue weighted by atomic mass is 9.96. The van der Waals surface area contributed by atoms with E-state index >= 15 is 0 Å². The molecule has 2 N–H and O–H groups in total. The van der Waals surface area contributed by atoms with E-state index in [0.29, 0.717) is 0 Å². The Morgan fingerprint density at radius 3 is 2.45 bits per heavy atom. The molecule has 3 nitrogen and oxygen atoms in total. The molecule has 1 aromatic carbocycles. The maximum atomic E-state index is 9.90. The van der Waals surface area contributed by atoms with E-state index < -0.39 is 0 Å². The number of benzene rings is 1. The second-order valence-corrected chi connectivity index (χ2v) is 5.80. The molecule has 0 aliphatic carbocycles. The Morgan fingerprint density at radius 2 is 1.95 bits per heavy atom. The van der Waals surface area contributed by atoms with Crippen LogP contribution in [0.4, 0.5) is 5.69 Å². The van der Waals surface area contributed by atoms with Gasteiger partial charge in [-0.15, -0.1) is 11.8 Å². The molecule has 1 aliphatic rings. The third-order valence-corrected chi connectivity index (χ3v) is 4.25. The number of hydrogen-bond acceptors (Lipinski definition) is 4. The molecule has 0 bridgehead atoms. The Morgan fingerprint density at radius 1 is 1.30 bits per heavy atom. The number of nitrogens with zero attached hydrogens (tertiary/aromatic N) is 1. The number of thioether (sulfide) groups is 1. The first-order valence-electron chi connectivity index (χ1n) is 6.46. The monoisotopic (exact) mass is 288 g/mol. The zero-order valence-electron chi connectivity index (χ0n) is 12.1. The number of rotatable bonds is 4. The zero-order chi connectivity index (χ0) is 14.7. The fourth-order valence-corrected chi connectivity index (χ4v) is 3.12. The normalized spacial score (nSPS) is 14.8. The average Bonchev–Trinajstić information content (AvgIpc) is 2.46. The van der Waals surface area contributed by atoms with Crippen LogP contribution in [0.15, 0.2) is 53.3 Å². The van der Waals surface area contributed by atoms with Crippen molar-refractivity contribution in [2.24, 2.45) is 0 Å². The molecule has 0 aromatic heterocycles. The minimum absolute atomic E-state index is 0.101. The molecule has 1 heterocycles. The minimum atomic E-state index is 0.101. The van der Waals surface area contributed by atoms with Crippen molar-refractivity contribution in [3.05, 3.63) is 58.8 Å². The van der Waals surface area contributed by atoms with Crippen LogP contribution in [0.3, 0.4) is 0 Å². The maximum Gasteiger partial charge on any atom is 0.118 e. The first-order chi connectivity index (χ1) is 9.54. The Labute approximate surface area is 124 Å². The summed E-state index contributed by atoms with van der Waals surface area (Å²) in [6.07, 6.45) is 2.13. The van der Waals surface area contributed by atoms with E-state index in [9.17, 15) is 5.11 Å². The molecule has 106 valence electrons.